The summed E-state index contributed by atoms with van der Waals surface area (Å²) >= 11 is 0. The Morgan fingerprint density at radius 3 is 2.24 bits per heavy atom. The minimum absolute atomic E-state index is 0.0449. The molecule has 0 radical (unpaired) electrons. The summed E-state index contributed by atoms with van der Waals surface area (Å²) in [6, 6.07) is 15.1. The Morgan fingerprint density at radius 1 is 1.00 bits per heavy atom. The molecule has 3 aromatic rings. The molecule has 0 aromatic heterocycles. The van der Waals surface area contributed by atoms with Gasteiger partial charge in [0.2, 0.25) is 5.91 Å². The van der Waals surface area contributed by atoms with Crippen molar-refractivity contribution >= 4 is 27.5 Å². The fourth-order valence-electron chi connectivity index (χ4n) is 4.21. The number of amides is 2. The zero-order chi connectivity index (χ0) is 29.4. The van der Waals surface area contributed by atoms with E-state index in [9.17, 15) is 26.8 Å². The number of ether oxygens (including phenoxy) is 2. The quantitative estimate of drug-likeness (QED) is 0.333. The maximum atomic E-state index is 13.4. The predicted octanol–water partition coefficient (Wildman–Crippen LogP) is 3.86. The Kier molecular flexibility index (Phi) is 9.90. The fourth-order valence-corrected chi connectivity index (χ4v) is 5.27. The first-order valence-corrected chi connectivity index (χ1v) is 14.5. The normalized spacial score (nSPS) is 15.6. The number of nitrogens with zero attached hydrogens (tertiary/aromatic N) is 1. The topological polar surface area (TPSA) is 114 Å². The van der Waals surface area contributed by atoms with Crippen LogP contribution in [0.1, 0.15) is 25.3 Å². The van der Waals surface area contributed by atoms with E-state index < -0.39 is 40.2 Å². The van der Waals surface area contributed by atoms with Crippen LogP contribution < -0.4 is 14.8 Å². The largest absolute Gasteiger partial charge is 0.484 e. The molecule has 1 saturated heterocycles. The van der Waals surface area contributed by atoms with E-state index >= 15 is 0 Å². The Bertz CT molecular complexity index is 1430. The van der Waals surface area contributed by atoms with Gasteiger partial charge in [-0.15, -0.1) is 0 Å². The van der Waals surface area contributed by atoms with E-state index in [2.05, 4.69) is 10.0 Å². The first-order chi connectivity index (χ1) is 19.6. The maximum absolute atomic E-state index is 13.4. The molecule has 0 bridgehead atoms. The highest BCUT2D eigenvalue weighted by atomic mass is 32.2. The molecule has 1 fully saturated rings. The summed E-state index contributed by atoms with van der Waals surface area (Å²) in [5.41, 5.74) is 0.828. The smallest absolute Gasteiger partial charge is 0.261 e. The van der Waals surface area contributed by atoms with Gasteiger partial charge >= 0.3 is 0 Å². The summed E-state index contributed by atoms with van der Waals surface area (Å²) in [6.45, 7) is 2.21. The van der Waals surface area contributed by atoms with Gasteiger partial charge in [0.25, 0.3) is 15.9 Å². The molecule has 1 aliphatic heterocycles. The van der Waals surface area contributed by atoms with E-state index in [0.717, 1.165) is 25.0 Å². The van der Waals surface area contributed by atoms with Gasteiger partial charge < -0.3 is 19.7 Å². The minimum Gasteiger partial charge on any atom is -0.484 e. The first kappa shape index (κ1) is 29.9. The van der Waals surface area contributed by atoms with Crippen LogP contribution in [0.15, 0.2) is 77.7 Å². The van der Waals surface area contributed by atoms with Crippen LogP contribution >= 0.6 is 0 Å². The van der Waals surface area contributed by atoms with Gasteiger partial charge in [-0.1, -0.05) is 12.1 Å². The van der Waals surface area contributed by atoms with E-state index in [1.807, 2.05) is 0 Å². The number of halogens is 2. The molecular formula is C29H31F2N3O6S. The molecule has 0 spiro atoms. The molecule has 2 N–H and O–H groups in total. The van der Waals surface area contributed by atoms with Gasteiger partial charge in [-0.05, 0) is 86.0 Å². The highest BCUT2D eigenvalue weighted by Crippen LogP contribution is 2.20. The lowest BCUT2D eigenvalue weighted by Crippen LogP contribution is -2.50. The second kappa shape index (κ2) is 13.6. The van der Waals surface area contributed by atoms with Crippen LogP contribution in [0, 0.1) is 11.6 Å². The summed E-state index contributed by atoms with van der Waals surface area (Å²) in [5, 5.41) is 2.83. The number of nitrogens with one attached hydrogen (secondary N) is 2. The molecule has 2 amide bonds. The van der Waals surface area contributed by atoms with Gasteiger partial charge in [-0.2, -0.15) is 0 Å². The van der Waals surface area contributed by atoms with Crippen molar-refractivity contribution in [2.45, 2.75) is 43.4 Å². The van der Waals surface area contributed by atoms with E-state index in [1.165, 1.54) is 65.6 Å². The summed E-state index contributed by atoms with van der Waals surface area (Å²) in [4.78, 5) is 27.4. The van der Waals surface area contributed by atoms with Crippen molar-refractivity contribution in [2.24, 2.45) is 0 Å². The monoisotopic (exact) mass is 587 g/mol. The number of carbonyl (C=O) groups is 2. The highest BCUT2D eigenvalue weighted by Gasteiger charge is 2.27. The van der Waals surface area contributed by atoms with Gasteiger partial charge in [0, 0.05) is 25.4 Å². The molecule has 4 rings (SSSR count). The third kappa shape index (κ3) is 8.48. The molecule has 3 aromatic carbocycles. The molecular weight excluding hydrogens is 556 g/mol. The molecule has 218 valence electrons. The molecule has 0 aliphatic carbocycles. The average Bonchev–Trinajstić information content (AvgIpc) is 3.49. The Hall–Kier alpha value is -4.03. The Balaban J connectivity index is 1.39. The Labute approximate surface area is 237 Å². The van der Waals surface area contributed by atoms with Gasteiger partial charge in [-0.25, -0.2) is 17.2 Å². The van der Waals surface area contributed by atoms with Crippen LogP contribution in [0.5, 0.6) is 5.75 Å². The van der Waals surface area contributed by atoms with Gasteiger partial charge in [0.15, 0.2) is 6.61 Å². The fraction of sp³-hybridized carbons (Fsp3) is 0.310. The van der Waals surface area contributed by atoms with Crippen molar-refractivity contribution < 1.29 is 36.3 Å². The van der Waals surface area contributed by atoms with Crippen LogP contribution in [0.3, 0.4) is 0 Å². The van der Waals surface area contributed by atoms with Crippen LogP contribution in [0.25, 0.3) is 0 Å². The lowest BCUT2D eigenvalue weighted by molar-refractivity contribution is -0.142. The third-order valence-electron chi connectivity index (χ3n) is 6.55. The molecule has 0 saturated carbocycles. The second-order valence-electron chi connectivity index (χ2n) is 9.58. The summed E-state index contributed by atoms with van der Waals surface area (Å²) in [6.07, 6.45) is 1.72. The second-order valence-corrected chi connectivity index (χ2v) is 11.3. The van der Waals surface area contributed by atoms with Gasteiger partial charge in [0.1, 0.15) is 23.4 Å². The van der Waals surface area contributed by atoms with Crippen LogP contribution in [0.2, 0.25) is 0 Å². The number of carbonyl (C=O) groups excluding carboxylic acids is 2. The van der Waals surface area contributed by atoms with Crippen molar-refractivity contribution in [2.75, 3.05) is 24.5 Å². The SMILES string of the molecule is C[C@@H](C(=O)NC[C@@H]1CCCO1)N(Cc1ccc(F)cc1)C(=O)COc1ccc(S(=O)(=O)Nc2ccc(F)cc2)cc1. The third-order valence-corrected chi connectivity index (χ3v) is 7.95. The first-order valence-electron chi connectivity index (χ1n) is 13.1. The average molecular weight is 588 g/mol. The lowest BCUT2D eigenvalue weighted by atomic mass is 10.1. The number of rotatable bonds is 12. The molecule has 1 heterocycles. The number of anilines is 1. The van der Waals surface area contributed by atoms with Crippen molar-refractivity contribution in [3.05, 3.63) is 90.0 Å². The lowest BCUT2D eigenvalue weighted by Gasteiger charge is -2.29. The van der Waals surface area contributed by atoms with Crippen LogP contribution in [-0.2, 0) is 30.9 Å². The number of hydrogen-bond donors (Lipinski definition) is 2. The summed E-state index contributed by atoms with van der Waals surface area (Å²) in [7, 11) is -3.94. The van der Waals surface area contributed by atoms with Crippen LogP contribution in [-0.4, -0.2) is 57.0 Å². The predicted molar refractivity (Wildman–Crippen MR) is 148 cm³/mol. The van der Waals surface area contributed by atoms with Crippen molar-refractivity contribution in [3.63, 3.8) is 0 Å². The number of benzene rings is 3. The maximum Gasteiger partial charge on any atom is 0.261 e. The van der Waals surface area contributed by atoms with Gasteiger partial charge in [0.05, 0.1) is 11.0 Å². The van der Waals surface area contributed by atoms with Crippen molar-refractivity contribution in [3.8, 4) is 5.75 Å². The van der Waals surface area contributed by atoms with E-state index in [0.29, 0.717) is 18.7 Å². The molecule has 9 nitrogen and oxygen atoms in total. The zero-order valence-electron chi connectivity index (χ0n) is 22.4. The Morgan fingerprint density at radius 2 is 1.63 bits per heavy atom. The molecule has 1 aliphatic rings. The van der Waals surface area contributed by atoms with Crippen molar-refractivity contribution in [1.29, 1.82) is 0 Å². The zero-order valence-corrected chi connectivity index (χ0v) is 23.2. The standard InChI is InChI=1S/C29H31F2N3O6S/c1-20(29(36)32-17-26-3-2-16-39-26)34(18-21-4-6-22(30)7-5-21)28(35)19-40-25-12-14-27(15-13-25)41(37,38)33-24-10-8-23(31)9-11-24/h4-15,20,26,33H,2-3,16-19H2,1H3,(H,32,36)/t20-,26-/m0/s1. The number of hydrogen-bond acceptors (Lipinski definition) is 6. The van der Waals surface area contributed by atoms with E-state index in [-0.39, 0.29) is 34.9 Å². The molecule has 2 atom stereocenters. The molecule has 41 heavy (non-hydrogen) atoms. The number of sulfonamides is 1. The van der Waals surface area contributed by atoms with Crippen LogP contribution in [0.4, 0.5) is 14.5 Å². The van der Waals surface area contributed by atoms with E-state index in [4.69, 9.17) is 9.47 Å². The summed E-state index contributed by atoms with van der Waals surface area (Å²) in [5.74, 6) is -1.54. The van der Waals surface area contributed by atoms with Crippen molar-refractivity contribution in [1.82, 2.24) is 10.2 Å². The van der Waals surface area contributed by atoms with Gasteiger partial charge in [-0.3, -0.25) is 14.3 Å². The highest BCUT2D eigenvalue weighted by molar-refractivity contribution is 7.92. The molecule has 0 unspecified atom stereocenters. The summed E-state index contributed by atoms with van der Waals surface area (Å²) < 4.78 is 65.3. The minimum atomic E-state index is -3.94. The molecule has 12 heteroatoms. The van der Waals surface area contributed by atoms with E-state index in [1.54, 1.807) is 6.92 Å².